The van der Waals surface area contributed by atoms with Gasteiger partial charge in [-0.2, -0.15) is 5.10 Å². The number of carbonyl (C=O) groups excluding carboxylic acids is 3. The van der Waals surface area contributed by atoms with E-state index < -0.39 is 29.7 Å². The van der Waals surface area contributed by atoms with Gasteiger partial charge >= 0.3 is 5.97 Å². The lowest BCUT2D eigenvalue weighted by Gasteiger charge is -2.22. The molecule has 29 heavy (non-hydrogen) atoms. The summed E-state index contributed by atoms with van der Waals surface area (Å²) >= 11 is 0. The quantitative estimate of drug-likeness (QED) is 0.591. The van der Waals surface area contributed by atoms with Gasteiger partial charge in [0, 0.05) is 0 Å². The average Bonchev–Trinajstić information content (AvgIpc) is 3.21. The molecule has 0 bridgehead atoms. The summed E-state index contributed by atoms with van der Waals surface area (Å²) in [7, 11) is 0. The highest BCUT2D eigenvalue weighted by Crippen LogP contribution is 2.38. The van der Waals surface area contributed by atoms with Crippen LogP contribution in [0.5, 0.6) is 0 Å². The summed E-state index contributed by atoms with van der Waals surface area (Å²) in [5.74, 6) is -2.55. The normalized spacial score (nSPS) is 20.7. The molecule has 4 rings (SSSR count). The van der Waals surface area contributed by atoms with Crippen LogP contribution in [0.25, 0.3) is 0 Å². The molecule has 2 unspecified atom stereocenters. The maximum atomic E-state index is 13.3. The Balaban J connectivity index is 1.79. The molecule has 0 aliphatic carbocycles. The van der Waals surface area contributed by atoms with E-state index in [2.05, 4.69) is 5.10 Å². The minimum atomic E-state index is -0.997. The third-order valence-corrected chi connectivity index (χ3v) is 5.09. The molecule has 2 atom stereocenters. The Bertz CT molecular complexity index is 1030. The lowest BCUT2D eigenvalue weighted by atomic mass is 9.97. The Morgan fingerprint density at radius 2 is 1.72 bits per heavy atom. The van der Waals surface area contributed by atoms with Gasteiger partial charge in [-0.15, -0.1) is 0 Å². The van der Waals surface area contributed by atoms with Crippen LogP contribution in [-0.4, -0.2) is 36.1 Å². The van der Waals surface area contributed by atoms with Gasteiger partial charge in [-0.1, -0.05) is 29.8 Å². The van der Waals surface area contributed by atoms with Crippen LogP contribution in [0.3, 0.4) is 0 Å². The van der Waals surface area contributed by atoms with Gasteiger partial charge in [0.15, 0.2) is 5.71 Å². The number of fused-ring (bicyclic) bond motifs is 1. The van der Waals surface area contributed by atoms with Crippen LogP contribution in [0.1, 0.15) is 18.1 Å². The number of amides is 2. The minimum Gasteiger partial charge on any atom is -0.461 e. The van der Waals surface area contributed by atoms with Gasteiger partial charge in [0.2, 0.25) is 5.91 Å². The SMILES string of the molecule is CCOC(=O)C1=NN(c2cccc(C)c2)C2C(=O)N(c3ccc(C)cc3)C(=O)C12. The highest BCUT2D eigenvalue weighted by molar-refractivity contribution is 6.47. The predicted molar refractivity (Wildman–Crippen MR) is 109 cm³/mol. The molecule has 0 spiro atoms. The van der Waals surface area contributed by atoms with Crippen molar-refractivity contribution in [3.05, 3.63) is 59.7 Å². The molecule has 2 aliphatic rings. The molecule has 2 amide bonds. The van der Waals surface area contributed by atoms with Crippen LogP contribution < -0.4 is 9.91 Å². The van der Waals surface area contributed by atoms with E-state index in [4.69, 9.17) is 4.74 Å². The van der Waals surface area contributed by atoms with Gasteiger partial charge in [-0.05, 0) is 50.6 Å². The summed E-state index contributed by atoms with van der Waals surface area (Å²) in [4.78, 5) is 40.2. The van der Waals surface area contributed by atoms with Gasteiger partial charge in [0.25, 0.3) is 5.91 Å². The van der Waals surface area contributed by atoms with Gasteiger partial charge in [-0.3, -0.25) is 14.6 Å². The zero-order valence-electron chi connectivity index (χ0n) is 16.5. The highest BCUT2D eigenvalue weighted by Gasteiger charge is 2.59. The molecule has 2 aromatic rings. The van der Waals surface area contributed by atoms with Crippen LogP contribution >= 0.6 is 0 Å². The molecule has 1 saturated heterocycles. The third kappa shape index (κ3) is 3.08. The van der Waals surface area contributed by atoms with Gasteiger partial charge in [0.05, 0.1) is 18.0 Å². The fourth-order valence-corrected chi connectivity index (χ4v) is 3.72. The van der Waals surface area contributed by atoms with Gasteiger partial charge in [-0.25, -0.2) is 9.69 Å². The molecule has 2 aliphatic heterocycles. The molecule has 148 valence electrons. The maximum Gasteiger partial charge on any atom is 0.355 e. The second-order valence-corrected chi connectivity index (χ2v) is 7.16. The molecular formula is C22H21N3O4. The molecule has 1 fully saturated rings. The molecule has 0 saturated carbocycles. The molecule has 2 aromatic carbocycles. The second kappa shape index (κ2) is 7.16. The number of imide groups is 1. The first-order valence-electron chi connectivity index (χ1n) is 9.48. The Morgan fingerprint density at radius 3 is 2.38 bits per heavy atom. The topological polar surface area (TPSA) is 79.3 Å². The number of benzene rings is 2. The van der Waals surface area contributed by atoms with E-state index in [1.807, 2.05) is 44.2 Å². The largest absolute Gasteiger partial charge is 0.461 e. The zero-order chi connectivity index (χ0) is 20.7. The van der Waals surface area contributed by atoms with Crippen molar-refractivity contribution in [2.24, 2.45) is 11.0 Å². The molecule has 0 aromatic heterocycles. The number of rotatable bonds is 4. The zero-order valence-corrected chi connectivity index (χ0v) is 16.5. The Morgan fingerprint density at radius 1 is 1.00 bits per heavy atom. The molecule has 7 nitrogen and oxygen atoms in total. The van der Waals surface area contributed by atoms with Crippen LogP contribution in [0.4, 0.5) is 11.4 Å². The monoisotopic (exact) mass is 391 g/mol. The lowest BCUT2D eigenvalue weighted by molar-refractivity contribution is -0.136. The number of ether oxygens (including phenoxy) is 1. The number of hydrogen-bond donors (Lipinski definition) is 0. The first-order chi connectivity index (χ1) is 13.9. The molecule has 7 heteroatoms. The Labute approximate surface area is 168 Å². The summed E-state index contributed by atoms with van der Waals surface area (Å²) < 4.78 is 5.10. The summed E-state index contributed by atoms with van der Waals surface area (Å²) in [6.45, 7) is 5.69. The predicted octanol–water partition coefficient (Wildman–Crippen LogP) is 2.60. The number of esters is 1. The standard InChI is InChI=1S/C22H21N3O4/c1-4-29-22(28)18-17-19(25(23-18)16-7-5-6-14(3)12-16)21(27)24(20(17)26)15-10-8-13(2)9-11-15/h5-12,17,19H,4H2,1-3H3. The van der Waals surface area contributed by atoms with E-state index in [0.29, 0.717) is 11.4 Å². The fourth-order valence-electron chi connectivity index (χ4n) is 3.72. The number of aryl methyl sites for hydroxylation is 2. The van der Waals surface area contributed by atoms with E-state index in [-0.39, 0.29) is 12.3 Å². The van der Waals surface area contributed by atoms with Crippen molar-refractivity contribution in [1.82, 2.24) is 0 Å². The Kier molecular flexibility index (Phi) is 4.66. The second-order valence-electron chi connectivity index (χ2n) is 7.16. The van der Waals surface area contributed by atoms with Gasteiger partial charge < -0.3 is 4.74 Å². The van der Waals surface area contributed by atoms with E-state index in [9.17, 15) is 14.4 Å². The summed E-state index contributed by atoms with van der Waals surface area (Å²) in [6, 6.07) is 13.6. The average molecular weight is 391 g/mol. The van der Waals surface area contributed by atoms with Crippen molar-refractivity contribution in [2.45, 2.75) is 26.8 Å². The molecule has 0 N–H and O–H groups in total. The van der Waals surface area contributed by atoms with Crippen molar-refractivity contribution in [3.63, 3.8) is 0 Å². The van der Waals surface area contributed by atoms with Crippen molar-refractivity contribution < 1.29 is 19.1 Å². The minimum absolute atomic E-state index is 0.0358. The molecule has 0 radical (unpaired) electrons. The lowest BCUT2D eigenvalue weighted by Crippen LogP contribution is -2.39. The third-order valence-electron chi connectivity index (χ3n) is 5.09. The van der Waals surface area contributed by atoms with Crippen molar-refractivity contribution in [2.75, 3.05) is 16.5 Å². The first-order valence-corrected chi connectivity index (χ1v) is 9.48. The summed E-state index contributed by atoms with van der Waals surface area (Å²) in [5.41, 5.74) is 3.08. The van der Waals surface area contributed by atoms with E-state index in [1.165, 1.54) is 5.01 Å². The van der Waals surface area contributed by atoms with E-state index in [1.54, 1.807) is 25.1 Å². The van der Waals surface area contributed by atoms with Crippen LogP contribution in [0.15, 0.2) is 53.6 Å². The molecular weight excluding hydrogens is 370 g/mol. The van der Waals surface area contributed by atoms with Crippen molar-refractivity contribution in [3.8, 4) is 0 Å². The van der Waals surface area contributed by atoms with Gasteiger partial charge in [0.1, 0.15) is 12.0 Å². The van der Waals surface area contributed by atoms with Crippen molar-refractivity contribution in [1.29, 1.82) is 0 Å². The van der Waals surface area contributed by atoms with E-state index >= 15 is 0 Å². The fraction of sp³-hybridized carbons (Fsp3) is 0.273. The number of carbonyl (C=O) groups is 3. The smallest absolute Gasteiger partial charge is 0.355 e. The maximum absolute atomic E-state index is 13.3. The molecule has 2 heterocycles. The van der Waals surface area contributed by atoms with Crippen LogP contribution in [0, 0.1) is 19.8 Å². The van der Waals surface area contributed by atoms with E-state index in [0.717, 1.165) is 16.0 Å². The number of anilines is 2. The van der Waals surface area contributed by atoms with Crippen LogP contribution in [0.2, 0.25) is 0 Å². The number of hydrogen-bond acceptors (Lipinski definition) is 6. The van der Waals surface area contributed by atoms with Crippen LogP contribution in [-0.2, 0) is 19.1 Å². The Hall–Kier alpha value is -3.48. The number of hydrazone groups is 1. The number of nitrogens with zero attached hydrogens (tertiary/aromatic N) is 3. The summed E-state index contributed by atoms with van der Waals surface area (Å²) in [5, 5.41) is 5.82. The summed E-state index contributed by atoms with van der Waals surface area (Å²) in [6.07, 6.45) is 0. The van der Waals surface area contributed by atoms with Crippen molar-refractivity contribution >= 4 is 34.9 Å². The highest BCUT2D eigenvalue weighted by atomic mass is 16.5. The first kappa shape index (κ1) is 18.9.